The van der Waals surface area contributed by atoms with Gasteiger partial charge in [-0.15, -0.1) is 13.2 Å². The van der Waals surface area contributed by atoms with E-state index in [0.29, 0.717) is 34.6 Å². The maximum absolute atomic E-state index is 11.2. The Balaban J connectivity index is 0.000000523. The van der Waals surface area contributed by atoms with Crippen LogP contribution in [0.25, 0.3) is 0 Å². The summed E-state index contributed by atoms with van der Waals surface area (Å²) in [6.07, 6.45) is 4.60. The van der Waals surface area contributed by atoms with E-state index in [9.17, 15) is 16.8 Å². The molecule has 0 aromatic heterocycles. The van der Waals surface area contributed by atoms with Crippen molar-refractivity contribution < 1.29 is 16.8 Å². The summed E-state index contributed by atoms with van der Waals surface area (Å²) < 4.78 is 45.6. The molecule has 0 aliphatic carbocycles. The number of nitrogens with zero attached hydrogens (tertiary/aromatic N) is 2. The van der Waals surface area contributed by atoms with Crippen LogP contribution >= 0.6 is 24.4 Å². The Labute approximate surface area is 212 Å². The summed E-state index contributed by atoms with van der Waals surface area (Å²) in [5, 5.41) is 0. The smallest absolute Gasteiger partial charge is 0.411 e. The van der Waals surface area contributed by atoms with E-state index in [1.54, 1.807) is 22.0 Å². The summed E-state index contributed by atoms with van der Waals surface area (Å²) in [5.41, 5.74) is 0. The third-order valence-corrected chi connectivity index (χ3v) is 8.86. The van der Waals surface area contributed by atoms with Crippen LogP contribution in [0, 0.1) is 0 Å². The predicted molar refractivity (Wildman–Crippen MR) is 134 cm³/mol. The van der Waals surface area contributed by atoms with Crippen LogP contribution in [-0.4, -0.2) is 107 Å². The second-order valence-corrected chi connectivity index (χ2v) is 13.0. The van der Waals surface area contributed by atoms with Crippen LogP contribution in [-0.2, 0) is 44.9 Å². The van der Waals surface area contributed by atoms with Gasteiger partial charge >= 0.3 is 23.1 Å². The molecule has 13 heteroatoms. The molecule has 0 amide bonds. The van der Waals surface area contributed by atoms with E-state index in [2.05, 4.69) is 13.2 Å². The third kappa shape index (κ3) is 10.0. The minimum atomic E-state index is -2.87. The summed E-state index contributed by atoms with van der Waals surface area (Å²) in [5.74, 6) is 0.807. The van der Waals surface area contributed by atoms with Gasteiger partial charge in [0.25, 0.3) is 0 Å². The van der Waals surface area contributed by atoms with Crippen LogP contribution in [0.5, 0.6) is 0 Å². The first-order valence-corrected chi connectivity index (χ1v) is 13.8. The van der Waals surface area contributed by atoms with Crippen molar-refractivity contribution in [2.45, 2.75) is 24.9 Å². The second kappa shape index (κ2) is 13.0. The first-order valence-electron chi connectivity index (χ1n) is 8.50. The molecule has 2 saturated heterocycles. The van der Waals surface area contributed by atoms with Crippen LogP contribution in [0.15, 0.2) is 25.3 Å². The summed E-state index contributed by atoms with van der Waals surface area (Å²) in [6.45, 7) is 8.25. The van der Waals surface area contributed by atoms with E-state index in [4.69, 9.17) is 49.7 Å². The molecule has 2 unspecified atom stereocenters. The van der Waals surface area contributed by atoms with Crippen LogP contribution in [0.4, 0.5) is 0 Å². The van der Waals surface area contributed by atoms with Crippen molar-refractivity contribution in [2.24, 2.45) is 0 Å². The van der Waals surface area contributed by atoms with Crippen molar-refractivity contribution in [1.29, 1.82) is 0 Å². The van der Waals surface area contributed by atoms with E-state index < -0.39 is 19.7 Å². The standard InChI is InChI=1S/2C8H13NO2S3.Mg/c2*1-2-4-9(8(12)13)7-3-5-14(10,11)6-7;/h2*2,7H,1,3-6H2,(H,12,13);/q;;+2/p-2. The van der Waals surface area contributed by atoms with Gasteiger partial charge in [-0.3, -0.25) is 0 Å². The van der Waals surface area contributed by atoms with Gasteiger partial charge in [0.15, 0.2) is 19.7 Å². The molecule has 0 spiro atoms. The molecule has 0 radical (unpaired) electrons. The number of hydrogen-bond acceptors (Lipinski definition) is 8. The van der Waals surface area contributed by atoms with Gasteiger partial charge in [0.2, 0.25) is 0 Å². The molecule has 0 saturated carbocycles. The molecule has 2 atom stereocenters. The zero-order valence-corrected chi connectivity index (χ0v) is 22.4. The van der Waals surface area contributed by atoms with E-state index in [1.807, 2.05) is 0 Å². The van der Waals surface area contributed by atoms with E-state index >= 15 is 0 Å². The average Bonchev–Trinajstić information content (AvgIpc) is 3.11. The molecule has 2 aliphatic heterocycles. The number of rotatable bonds is 6. The first-order chi connectivity index (χ1) is 12.9. The van der Waals surface area contributed by atoms with Gasteiger partial charge in [0, 0.05) is 25.2 Å². The molecule has 2 rings (SSSR count). The molecule has 0 bridgehead atoms. The van der Waals surface area contributed by atoms with Gasteiger partial charge in [0.1, 0.15) is 0 Å². The minimum Gasteiger partial charge on any atom is -0.411 e. The molecule has 0 aromatic rings. The largest absolute Gasteiger partial charge is 2.00 e. The average molecular weight is 525 g/mol. The maximum atomic E-state index is 11.2. The summed E-state index contributed by atoms with van der Waals surface area (Å²) in [6, 6.07) is -0.106. The van der Waals surface area contributed by atoms with Crippen molar-refractivity contribution in [1.82, 2.24) is 9.80 Å². The maximum Gasteiger partial charge on any atom is 2.00 e. The predicted octanol–water partition coefficient (Wildman–Crippen LogP) is 0.606. The molecule has 2 aliphatic rings. The van der Waals surface area contributed by atoms with Crippen molar-refractivity contribution in [3.63, 3.8) is 0 Å². The quantitative estimate of drug-likeness (QED) is 0.213. The Morgan fingerprint density at radius 1 is 0.862 bits per heavy atom. The van der Waals surface area contributed by atoms with Crippen molar-refractivity contribution in [3.05, 3.63) is 25.3 Å². The Kier molecular flexibility index (Phi) is 13.2. The molecule has 160 valence electrons. The molecule has 2 fully saturated rings. The second-order valence-electron chi connectivity index (χ2n) is 6.53. The zero-order valence-electron chi connectivity index (χ0n) is 16.1. The zero-order chi connectivity index (χ0) is 21.5. The normalized spacial score (nSPS) is 23.6. The van der Waals surface area contributed by atoms with Crippen LogP contribution in [0.1, 0.15) is 12.8 Å². The van der Waals surface area contributed by atoms with Crippen LogP contribution in [0.2, 0.25) is 0 Å². The fourth-order valence-corrected chi connectivity index (χ4v) is 7.42. The van der Waals surface area contributed by atoms with Gasteiger partial charge in [-0.1, -0.05) is 20.8 Å². The number of hydrogen-bond donors (Lipinski definition) is 0. The van der Waals surface area contributed by atoms with E-state index in [1.165, 1.54) is 0 Å². The van der Waals surface area contributed by atoms with Gasteiger partial charge in [-0.25, -0.2) is 16.8 Å². The monoisotopic (exact) mass is 524 g/mol. The Hall–Kier alpha value is 0.366. The van der Waals surface area contributed by atoms with Crippen molar-refractivity contribution in [3.8, 4) is 0 Å². The first kappa shape index (κ1) is 29.4. The molecule has 0 N–H and O–H groups in total. The SMILES string of the molecule is C=CCN(C(=S)[S-])C1CCS(=O)(=O)C1.C=CCN(C(=S)[S-])C1CCS(=O)(=O)C1.[Mg+2]. The van der Waals surface area contributed by atoms with Crippen LogP contribution < -0.4 is 0 Å². The molecule has 0 aromatic carbocycles. The van der Waals surface area contributed by atoms with Crippen molar-refractivity contribution in [2.75, 3.05) is 36.1 Å². The van der Waals surface area contributed by atoms with Crippen LogP contribution in [0.3, 0.4) is 0 Å². The summed E-state index contributed by atoms with van der Waals surface area (Å²) >= 11 is 19.6. The fraction of sp³-hybridized carbons (Fsp3) is 0.625. The molecule has 6 nitrogen and oxygen atoms in total. The van der Waals surface area contributed by atoms with Gasteiger partial charge in [-0.2, -0.15) is 0 Å². The molecular formula is C16H24MgN2O4S6. The topological polar surface area (TPSA) is 74.8 Å². The Morgan fingerprint density at radius 3 is 1.34 bits per heavy atom. The number of sulfone groups is 2. The molecular weight excluding hydrogens is 501 g/mol. The molecule has 2 heterocycles. The summed E-state index contributed by atoms with van der Waals surface area (Å²) in [7, 11) is -5.75. The Bertz CT molecular complexity index is 747. The van der Waals surface area contributed by atoms with Gasteiger partial charge < -0.3 is 59.5 Å². The number of thiocarbonyl (C=S) groups is 2. The van der Waals surface area contributed by atoms with E-state index in [0.717, 1.165) is 0 Å². The van der Waals surface area contributed by atoms with Crippen molar-refractivity contribution >= 4 is 101 Å². The minimum absolute atomic E-state index is 0. The van der Waals surface area contributed by atoms with E-state index in [-0.39, 0.29) is 58.1 Å². The Morgan fingerprint density at radius 2 is 1.17 bits per heavy atom. The van der Waals surface area contributed by atoms with Gasteiger partial charge in [-0.05, 0) is 12.8 Å². The summed E-state index contributed by atoms with van der Waals surface area (Å²) in [4.78, 5) is 3.50. The fourth-order valence-electron chi connectivity index (χ4n) is 3.07. The van der Waals surface area contributed by atoms with Gasteiger partial charge in [0.05, 0.1) is 23.0 Å². The molecule has 29 heavy (non-hydrogen) atoms. The third-order valence-electron chi connectivity index (χ3n) is 4.42.